The molecule has 0 aromatic heterocycles. The van der Waals surface area contributed by atoms with Crippen LogP contribution in [-0.2, 0) is 0 Å². The van der Waals surface area contributed by atoms with Crippen LogP contribution in [0.2, 0.25) is 0 Å². The highest BCUT2D eigenvalue weighted by atomic mass is 16.3. The summed E-state index contributed by atoms with van der Waals surface area (Å²) in [4.78, 5) is 0. The second kappa shape index (κ2) is 8.48. The second-order valence-electron chi connectivity index (χ2n) is 13.0. The molecule has 0 unspecified atom stereocenters. The molecule has 0 radical (unpaired) electrons. The number of hydrogen-bond donors (Lipinski definition) is 1. The summed E-state index contributed by atoms with van der Waals surface area (Å²) in [6.45, 7) is 12.7. The minimum absolute atomic E-state index is 0.0187. The van der Waals surface area contributed by atoms with Gasteiger partial charge in [0.15, 0.2) is 0 Å². The monoisotopic (exact) mass is 402 g/mol. The summed E-state index contributed by atoms with van der Waals surface area (Å²) in [7, 11) is 0. The molecular weight excluding hydrogens is 352 g/mol. The van der Waals surface area contributed by atoms with Crippen molar-refractivity contribution in [2.24, 2.45) is 52.3 Å². The number of aliphatic hydroxyl groups is 1. The number of rotatable bonds is 5. The Hall–Kier alpha value is -0.0400. The first-order valence-corrected chi connectivity index (χ1v) is 13.4. The van der Waals surface area contributed by atoms with Crippen molar-refractivity contribution in [1.29, 1.82) is 0 Å². The molecule has 1 heteroatoms. The van der Waals surface area contributed by atoms with Gasteiger partial charge < -0.3 is 5.11 Å². The Morgan fingerprint density at radius 3 is 2.34 bits per heavy atom. The van der Waals surface area contributed by atoms with Crippen LogP contribution in [0.3, 0.4) is 0 Å². The highest BCUT2D eigenvalue weighted by Gasteiger charge is 2.60. The van der Waals surface area contributed by atoms with Crippen molar-refractivity contribution >= 4 is 0 Å². The van der Waals surface area contributed by atoms with Crippen LogP contribution >= 0.6 is 0 Å². The lowest BCUT2D eigenvalue weighted by atomic mass is 9.46. The van der Waals surface area contributed by atoms with Crippen LogP contribution in [0.4, 0.5) is 0 Å². The molecule has 1 nitrogen and oxygen atoms in total. The van der Waals surface area contributed by atoms with Crippen molar-refractivity contribution in [3.63, 3.8) is 0 Å². The third-order valence-electron chi connectivity index (χ3n) is 11.1. The Bertz CT molecular complexity index is 555. The third kappa shape index (κ3) is 3.96. The molecule has 0 aliphatic heterocycles. The Morgan fingerprint density at radius 2 is 1.59 bits per heavy atom. The molecule has 9 atom stereocenters. The third-order valence-corrected chi connectivity index (χ3v) is 11.1. The summed E-state index contributed by atoms with van der Waals surface area (Å²) in [5.41, 5.74) is 1.13. The number of fused-ring (bicyclic) bond motifs is 5. The van der Waals surface area contributed by atoms with Gasteiger partial charge in [0.05, 0.1) is 6.10 Å². The Balaban J connectivity index is 1.47. The fourth-order valence-corrected chi connectivity index (χ4v) is 9.50. The van der Waals surface area contributed by atoms with E-state index in [1.165, 1.54) is 70.6 Å². The number of aliphatic hydroxyl groups excluding tert-OH is 1. The van der Waals surface area contributed by atoms with E-state index in [0.29, 0.717) is 10.8 Å². The molecule has 0 bridgehead atoms. The van der Waals surface area contributed by atoms with Crippen molar-refractivity contribution in [3.8, 4) is 0 Å². The Kier molecular flexibility index (Phi) is 6.48. The van der Waals surface area contributed by atoms with Gasteiger partial charge in [-0.3, -0.25) is 0 Å². The van der Waals surface area contributed by atoms with Gasteiger partial charge in [0.25, 0.3) is 0 Å². The van der Waals surface area contributed by atoms with Gasteiger partial charge in [0, 0.05) is 0 Å². The fraction of sp³-hybridized carbons (Fsp3) is 1.00. The van der Waals surface area contributed by atoms with E-state index in [1.54, 1.807) is 0 Å². The maximum atomic E-state index is 10.4. The van der Waals surface area contributed by atoms with Crippen LogP contribution < -0.4 is 0 Å². The zero-order chi connectivity index (χ0) is 20.8. The topological polar surface area (TPSA) is 20.2 Å². The van der Waals surface area contributed by atoms with Crippen molar-refractivity contribution in [1.82, 2.24) is 0 Å². The normalized spacial score (nSPS) is 48.5. The molecule has 4 fully saturated rings. The van der Waals surface area contributed by atoms with E-state index in [2.05, 4.69) is 34.6 Å². The van der Waals surface area contributed by atoms with Gasteiger partial charge >= 0.3 is 0 Å². The molecule has 0 aromatic rings. The minimum atomic E-state index is -0.0187. The molecule has 0 spiro atoms. The average Bonchev–Trinajstić information content (AvgIpc) is 2.92. The first kappa shape index (κ1) is 22.2. The average molecular weight is 403 g/mol. The summed E-state index contributed by atoms with van der Waals surface area (Å²) in [5, 5.41) is 10.4. The van der Waals surface area contributed by atoms with Gasteiger partial charge in [-0.15, -0.1) is 0 Å². The zero-order valence-corrected chi connectivity index (χ0v) is 20.3. The zero-order valence-electron chi connectivity index (χ0n) is 20.3. The molecule has 0 heterocycles. The van der Waals surface area contributed by atoms with Crippen molar-refractivity contribution in [2.75, 3.05) is 0 Å². The van der Waals surface area contributed by atoms with Crippen molar-refractivity contribution in [2.45, 2.75) is 124 Å². The van der Waals surface area contributed by atoms with Gasteiger partial charge in [-0.2, -0.15) is 0 Å². The van der Waals surface area contributed by atoms with E-state index < -0.39 is 0 Å². The van der Waals surface area contributed by atoms with E-state index in [-0.39, 0.29) is 6.10 Å². The molecule has 4 aliphatic rings. The van der Waals surface area contributed by atoms with Crippen LogP contribution in [0.5, 0.6) is 0 Å². The summed E-state index contributed by atoms with van der Waals surface area (Å²) < 4.78 is 0. The van der Waals surface area contributed by atoms with Gasteiger partial charge in [-0.1, -0.05) is 60.3 Å². The van der Waals surface area contributed by atoms with E-state index >= 15 is 0 Å². The van der Waals surface area contributed by atoms with E-state index in [9.17, 15) is 5.11 Å². The lowest BCUT2D eigenvalue weighted by molar-refractivity contribution is -0.106. The van der Waals surface area contributed by atoms with Crippen LogP contribution in [0, 0.1) is 52.3 Å². The molecule has 4 aliphatic carbocycles. The standard InChI is InChI=1S/C28H50O/c1-19(2)8-6-9-20(3)24-13-14-25-23-12-11-21-18-22(29)10-7-16-27(21,4)26(23)15-17-28(24,25)5/h19-26,29H,6-18H2,1-5H3/t20-,21+,22+,23-,24+,25+,26-,27+,28-/m1/s1. The summed E-state index contributed by atoms with van der Waals surface area (Å²) >= 11 is 0. The second-order valence-corrected chi connectivity index (χ2v) is 13.0. The summed E-state index contributed by atoms with van der Waals surface area (Å²) in [6, 6.07) is 0. The molecule has 4 saturated carbocycles. The first-order chi connectivity index (χ1) is 13.8. The van der Waals surface area contributed by atoms with Crippen LogP contribution in [0.1, 0.15) is 118 Å². The minimum Gasteiger partial charge on any atom is -0.393 e. The van der Waals surface area contributed by atoms with E-state index in [0.717, 1.165) is 54.3 Å². The van der Waals surface area contributed by atoms with Gasteiger partial charge in [0.2, 0.25) is 0 Å². The van der Waals surface area contributed by atoms with Gasteiger partial charge in [-0.25, -0.2) is 0 Å². The summed E-state index contributed by atoms with van der Waals surface area (Å²) in [6.07, 6.45) is 17.9. The van der Waals surface area contributed by atoms with Crippen LogP contribution in [0.15, 0.2) is 0 Å². The lowest BCUT2D eigenvalue weighted by Gasteiger charge is -2.59. The molecule has 29 heavy (non-hydrogen) atoms. The van der Waals surface area contributed by atoms with Crippen LogP contribution in [-0.4, -0.2) is 11.2 Å². The molecule has 0 saturated heterocycles. The Morgan fingerprint density at radius 1 is 0.828 bits per heavy atom. The van der Waals surface area contributed by atoms with E-state index in [1.807, 2.05) is 0 Å². The quantitative estimate of drug-likeness (QED) is 0.496. The highest BCUT2D eigenvalue weighted by Crippen LogP contribution is 2.68. The highest BCUT2D eigenvalue weighted by molar-refractivity contribution is 5.09. The number of hydrogen-bond acceptors (Lipinski definition) is 1. The molecule has 1 N–H and O–H groups in total. The van der Waals surface area contributed by atoms with Crippen molar-refractivity contribution < 1.29 is 5.11 Å². The lowest BCUT2D eigenvalue weighted by Crippen LogP contribution is -2.52. The molecule has 0 amide bonds. The smallest absolute Gasteiger partial charge is 0.0543 e. The predicted octanol–water partition coefficient (Wildman–Crippen LogP) is 7.86. The van der Waals surface area contributed by atoms with Gasteiger partial charge in [-0.05, 0) is 110 Å². The molecular formula is C28H50O. The first-order valence-electron chi connectivity index (χ1n) is 13.4. The van der Waals surface area contributed by atoms with Gasteiger partial charge in [0.1, 0.15) is 0 Å². The fourth-order valence-electron chi connectivity index (χ4n) is 9.50. The van der Waals surface area contributed by atoms with Crippen LogP contribution in [0.25, 0.3) is 0 Å². The maximum Gasteiger partial charge on any atom is 0.0543 e. The SMILES string of the molecule is CC(C)CCC[C@@H](C)[C@@H]1CC[C@H]2[C@H]3CC[C@H]4C[C@@H](O)CCC[C@]4(C)[C@@H]3CC[C@@]21C. The maximum absolute atomic E-state index is 10.4. The van der Waals surface area contributed by atoms with E-state index in [4.69, 9.17) is 0 Å². The summed E-state index contributed by atoms with van der Waals surface area (Å²) in [5.74, 6) is 6.46. The van der Waals surface area contributed by atoms with Crippen molar-refractivity contribution in [3.05, 3.63) is 0 Å². The molecule has 0 aromatic carbocycles. The Labute approximate surface area is 181 Å². The largest absolute Gasteiger partial charge is 0.393 e. The molecule has 4 rings (SSSR count). The predicted molar refractivity (Wildman–Crippen MR) is 124 cm³/mol. The molecule has 168 valence electrons.